The number of carbonyl (C=O) groups is 1. The number of aliphatic carboxylic acids is 1. The van der Waals surface area contributed by atoms with E-state index < -0.39 is 71.1 Å². The molecule has 0 aliphatic heterocycles. The lowest BCUT2D eigenvalue weighted by atomic mass is 10.0. The van der Waals surface area contributed by atoms with Gasteiger partial charge in [-0.1, -0.05) is 4.90 Å². The van der Waals surface area contributed by atoms with Gasteiger partial charge in [0.15, 0.2) is 0 Å². The molecule has 0 aromatic carbocycles. The summed E-state index contributed by atoms with van der Waals surface area (Å²) in [6.07, 6.45) is -21.6. The van der Waals surface area contributed by atoms with Crippen LogP contribution < -0.4 is 0 Å². The number of nitrogens with zero attached hydrogens (tertiary/aromatic N) is 2. The molecule has 0 radical (unpaired) electrons. The van der Waals surface area contributed by atoms with Gasteiger partial charge in [-0.25, -0.2) is 18.0 Å². The van der Waals surface area contributed by atoms with Gasteiger partial charge in [0.1, 0.15) is 0 Å². The second-order valence-corrected chi connectivity index (χ2v) is 5.42. The fourth-order valence-electron chi connectivity index (χ4n) is 1.90. The predicted molar refractivity (Wildman–Crippen MR) is 59.1 cm³/mol. The molecule has 0 aromatic heterocycles. The highest BCUT2D eigenvalue weighted by molar-refractivity contribution is 5.80. The molecule has 1 N–H and O–H groups in total. The quantitative estimate of drug-likeness (QED) is 0.315. The summed E-state index contributed by atoms with van der Waals surface area (Å²) >= 11 is 0. The number of hydrogen-bond donors (Lipinski definition) is 1. The van der Waals surface area contributed by atoms with Crippen molar-refractivity contribution in [2.75, 3.05) is 0 Å². The monoisotopic (exact) mass is 544 g/mol. The van der Waals surface area contributed by atoms with Crippen LogP contribution in [0.3, 0.4) is 0 Å². The van der Waals surface area contributed by atoms with Crippen molar-refractivity contribution in [3.8, 4) is 0 Å². The smallest absolute Gasteiger partial charge is 0.469 e. The normalized spacial score (nSPS) is 17.3. The lowest BCUT2D eigenvalue weighted by molar-refractivity contribution is -0.500. The summed E-state index contributed by atoms with van der Waals surface area (Å²) in [5.41, 5.74) is -7.72. The van der Waals surface area contributed by atoms with Gasteiger partial charge < -0.3 is 5.11 Å². The van der Waals surface area contributed by atoms with Crippen molar-refractivity contribution in [3.05, 3.63) is 0 Å². The fourth-order valence-corrected chi connectivity index (χ4v) is 1.90. The first-order chi connectivity index (χ1) is 14.1. The van der Waals surface area contributed by atoms with E-state index in [4.69, 9.17) is 5.11 Å². The summed E-state index contributed by atoms with van der Waals surface area (Å²) in [4.78, 5) is 1.28. The van der Waals surface area contributed by atoms with Crippen molar-refractivity contribution in [2.24, 2.45) is 0 Å². The molecule has 0 saturated carbocycles. The summed E-state index contributed by atoms with van der Waals surface area (Å²) in [6.45, 7) is -6.37. The summed E-state index contributed by atoms with van der Waals surface area (Å²) in [6, 6.07) is -32.7. The number of alkyl halides is 19. The average Bonchev–Trinajstić information content (AvgIpc) is 2.48. The minimum atomic E-state index is -8.46. The maximum atomic E-state index is 13.7. The number of halogens is 19. The molecule has 0 rings (SSSR count). The van der Waals surface area contributed by atoms with Crippen molar-refractivity contribution in [1.82, 2.24) is 9.80 Å². The zero-order valence-electron chi connectivity index (χ0n) is 14.1. The van der Waals surface area contributed by atoms with E-state index in [9.17, 15) is 88.2 Å². The van der Waals surface area contributed by atoms with Gasteiger partial charge in [-0.2, -0.15) is 70.2 Å². The third-order valence-electron chi connectivity index (χ3n) is 3.36. The van der Waals surface area contributed by atoms with Crippen LogP contribution >= 0.6 is 0 Å². The Balaban J connectivity index is 7.31. The molecule has 0 fully saturated rings. The lowest BCUT2D eigenvalue weighted by Crippen LogP contribution is -2.77. The number of carboxylic acids is 1. The molecule has 1 unspecified atom stereocenters. The number of carboxylic acid groups (broad SMARTS) is 1. The Morgan fingerprint density at radius 3 is 1.21 bits per heavy atom. The first-order valence-corrected chi connectivity index (χ1v) is 6.80. The summed E-state index contributed by atoms with van der Waals surface area (Å²) in [5.74, 6) is -4.68. The molecule has 0 heterocycles. The van der Waals surface area contributed by atoms with Gasteiger partial charge in [-0.15, -0.1) is 4.90 Å². The Labute approximate surface area is 166 Å². The first kappa shape index (κ1) is 31.1. The van der Waals surface area contributed by atoms with E-state index in [2.05, 4.69) is 0 Å². The number of rotatable bonds is 9. The van der Waals surface area contributed by atoms with Crippen LogP contribution in [0.15, 0.2) is 0 Å². The molecule has 1 atom stereocenters. The Morgan fingerprint density at radius 1 is 0.636 bits per heavy atom. The second-order valence-electron chi connectivity index (χ2n) is 5.42. The van der Waals surface area contributed by atoms with E-state index >= 15 is 0 Å². The van der Waals surface area contributed by atoms with E-state index in [-0.39, 0.29) is 0 Å². The molecule has 198 valence electrons. The molecule has 23 heteroatoms. The Kier molecular flexibility index (Phi) is 7.88. The molecular weight excluding hydrogens is 541 g/mol. The highest BCUT2D eigenvalue weighted by Crippen LogP contribution is 2.56. The predicted octanol–water partition coefficient (Wildman–Crippen LogP) is 5.32. The first-order valence-electron chi connectivity index (χ1n) is 6.80. The second kappa shape index (κ2) is 8.37. The standard InChI is InChI=1S/C10H3F19N2O2/c11-1(12)5(16,17)31(10(27,28)29)9(25,26)8(23,24)30(3(13)14)7(21,22)4(15,2(32)33)6(18,19)20/h1,3H,(H,32,33). The zero-order valence-corrected chi connectivity index (χ0v) is 14.1. The lowest BCUT2D eigenvalue weighted by Gasteiger charge is -2.46. The Bertz CT molecular complexity index is 714. The van der Waals surface area contributed by atoms with Gasteiger partial charge >= 0.3 is 61.3 Å². The topological polar surface area (TPSA) is 43.8 Å². The molecule has 0 aromatic rings. The Hall–Kier alpha value is -1.94. The largest absolute Gasteiger partial charge is 0.478 e. The van der Waals surface area contributed by atoms with Crippen molar-refractivity contribution in [1.29, 1.82) is 0 Å². The van der Waals surface area contributed by atoms with E-state index in [0.29, 0.717) is 0 Å². The van der Waals surface area contributed by atoms with Gasteiger partial charge in [0.2, 0.25) is 0 Å². The van der Waals surface area contributed by atoms with Crippen LogP contribution in [0.2, 0.25) is 0 Å². The highest BCUT2D eigenvalue weighted by Gasteiger charge is 2.87. The molecule has 0 bridgehead atoms. The summed E-state index contributed by atoms with van der Waals surface area (Å²) < 4.78 is 246. The molecule has 0 aliphatic carbocycles. The molecule has 33 heavy (non-hydrogen) atoms. The third kappa shape index (κ3) is 4.69. The van der Waals surface area contributed by atoms with E-state index in [1.54, 1.807) is 0 Å². The number of hydrogen-bond acceptors (Lipinski definition) is 3. The van der Waals surface area contributed by atoms with Crippen LogP contribution in [0.4, 0.5) is 83.4 Å². The van der Waals surface area contributed by atoms with Gasteiger partial charge in [0.05, 0.1) is 0 Å². The van der Waals surface area contributed by atoms with Crippen LogP contribution in [0.5, 0.6) is 0 Å². The summed E-state index contributed by atoms with van der Waals surface area (Å²) in [7, 11) is 0. The van der Waals surface area contributed by atoms with E-state index in [1.807, 2.05) is 0 Å². The Morgan fingerprint density at radius 2 is 1.00 bits per heavy atom. The van der Waals surface area contributed by atoms with Gasteiger partial charge in [-0.05, 0) is 0 Å². The fraction of sp³-hybridized carbons (Fsp3) is 0.900. The molecule has 0 amide bonds. The van der Waals surface area contributed by atoms with Crippen LogP contribution in [0.1, 0.15) is 0 Å². The minimum absolute atomic E-state index is 4.43. The van der Waals surface area contributed by atoms with Gasteiger partial charge in [-0.3, -0.25) is 0 Å². The highest BCUT2D eigenvalue weighted by atomic mass is 19.4. The molecule has 0 aliphatic rings. The minimum Gasteiger partial charge on any atom is -0.478 e. The van der Waals surface area contributed by atoms with Crippen LogP contribution in [-0.4, -0.2) is 76.2 Å². The van der Waals surface area contributed by atoms with Crippen LogP contribution in [0, 0.1) is 0 Å². The van der Waals surface area contributed by atoms with Crippen molar-refractivity contribution >= 4 is 5.97 Å². The van der Waals surface area contributed by atoms with E-state index in [1.165, 1.54) is 0 Å². The maximum absolute atomic E-state index is 13.7. The maximum Gasteiger partial charge on any atom is 0.469 e. The summed E-state index contributed by atoms with van der Waals surface area (Å²) in [5, 5.41) is 7.95. The van der Waals surface area contributed by atoms with Crippen molar-refractivity contribution < 1.29 is 93.3 Å². The molecule has 0 spiro atoms. The SMILES string of the molecule is O=C(O)C(F)(C(F)(F)F)C(F)(F)N(C(F)F)C(F)(F)C(F)(F)N(C(F)(F)F)C(F)(F)C(F)F. The molecule has 0 saturated heterocycles. The molecule has 4 nitrogen and oxygen atoms in total. The van der Waals surface area contributed by atoms with Crippen molar-refractivity contribution in [2.45, 2.75) is 55.3 Å². The van der Waals surface area contributed by atoms with Crippen LogP contribution in [-0.2, 0) is 4.79 Å². The third-order valence-corrected chi connectivity index (χ3v) is 3.36. The van der Waals surface area contributed by atoms with E-state index in [0.717, 1.165) is 0 Å². The molecular formula is C10H3F19N2O2. The van der Waals surface area contributed by atoms with Gasteiger partial charge in [0.25, 0.3) is 0 Å². The average molecular weight is 544 g/mol. The van der Waals surface area contributed by atoms with Crippen LogP contribution in [0.25, 0.3) is 0 Å². The van der Waals surface area contributed by atoms with Crippen molar-refractivity contribution in [3.63, 3.8) is 0 Å². The van der Waals surface area contributed by atoms with Gasteiger partial charge in [0, 0.05) is 0 Å². The zero-order chi connectivity index (χ0) is 27.4.